The van der Waals surface area contributed by atoms with Crippen LogP contribution in [-0.4, -0.2) is 33.8 Å². The lowest BCUT2D eigenvalue weighted by Gasteiger charge is -2.41. The maximum atomic E-state index is 9.46. The first-order valence-electron chi connectivity index (χ1n) is 6.34. The molecule has 0 saturated heterocycles. The first kappa shape index (κ1) is 13.5. The molecule has 0 aliphatic heterocycles. The highest BCUT2D eigenvalue weighted by Gasteiger charge is 2.37. The van der Waals surface area contributed by atoms with E-state index in [2.05, 4.69) is 43.5 Å². The smallest absolute Gasteiger partial charge is 0.146 e. The fourth-order valence-electron chi connectivity index (χ4n) is 2.00. The molecular weight excluding hydrogens is 296 g/mol. The van der Waals surface area contributed by atoms with Gasteiger partial charge in [-0.3, -0.25) is 0 Å². The van der Waals surface area contributed by atoms with Gasteiger partial charge in [0.25, 0.3) is 0 Å². The predicted molar refractivity (Wildman–Crippen MR) is 75.8 cm³/mol. The largest absolute Gasteiger partial charge is 0.394 e. The Morgan fingerprint density at radius 3 is 2.67 bits per heavy atom. The van der Waals surface area contributed by atoms with Crippen molar-refractivity contribution >= 4 is 27.6 Å². The summed E-state index contributed by atoms with van der Waals surface area (Å²) in [5.41, 5.74) is -0.196. The lowest BCUT2D eigenvalue weighted by molar-refractivity contribution is 0.143. The van der Waals surface area contributed by atoms with E-state index in [1.54, 1.807) is 0 Å². The van der Waals surface area contributed by atoms with E-state index in [1.807, 2.05) is 0 Å². The highest BCUT2D eigenvalue weighted by molar-refractivity contribution is 9.10. The number of hydrogen-bond donors (Lipinski definition) is 3. The lowest BCUT2D eigenvalue weighted by Crippen LogP contribution is -2.48. The summed E-state index contributed by atoms with van der Waals surface area (Å²) in [7, 11) is 0. The van der Waals surface area contributed by atoms with Crippen molar-refractivity contribution in [3.05, 3.63) is 10.8 Å². The molecule has 1 aliphatic rings. The van der Waals surface area contributed by atoms with Crippen molar-refractivity contribution in [1.82, 2.24) is 9.97 Å². The van der Waals surface area contributed by atoms with Gasteiger partial charge in [0, 0.05) is 6.54 Å². The van der Waals surface area contributed by atoms with Gasteiger partial charge in [0.2, 0.25) is 0 Å². The van der Waals surface area contributed by atoms with Gasteiger partial charge < -0.3 is 15.7 Å². The molecule has 0 bridgehead atoms. The van der Waals surface area contributed by atoms with Gasteiger partial charge in [-0.05, 0) is 41.6 Å². The monoisotopic (exact) mass is 314 g/mol. The minimum atomic E-state index is -0.196. The Morgan fingerprint density at radius 2 is 2.11 bits per heavy atom. The van der Waals surface area contributed by atoms with Gasteiger partial charge in [0.05, 0.1) is 12.1 Å². The van der Waals surface area contributed by atoms with Crippen LogP contribution in [0, 0.1) is 0 Å². The van der Waals surface area contributed by atoms with E-state index in [0.717, 1.165) is 48.3 Å². The van der Waals surface area contributed by atoms with Crippen LogP contribution in [0.15, 0.2) is 10.8 Å². The average Bonchev–Trinajstić information content (AvgIpc) is 2.34. The number of anilines is 2. The van der Waals surface area contributed by atoms with Crippen molar-refractivity contribution in [3.8, 4) is 0 Å². The molecule has 0 unspecified atom stereocenters. The molecular formula is C12H19BrN4O. The third-order valence-electron chi connectivity index (χ3n) is 3.33. The van der Waals surface area contributed by atoms with Crippen LogP contribution in [0.3, 0.4) is 0 Å². The van der Waals surface area contributed by atoms with Gasteiger partial charge in [-0.25, -0.2) is 9.97 Å². The number of aromatic nitrogens is 2. The number of rotatable bonds is 6. The van der Waals surface area contributed by atoms with Crippen molar-refractivity contribution in [2.24, 2.45) is 0 Å². The lowest BCUT2D eigenvalue weighted by atomic mass is 9.77. The van der Waals surface area contributed by atoms with Crippen LogP contribution in [0.1, 0.15) is 32.6 Å². The maximum Gasteiger partial charge on any atom is 0.146 e. The highest BCUT2D eigenvalue weighted by atomic mass is 79.9. The minimum absolute atomic E-state index is 0.140. The average molecular weight is 315 g/mol. The van der Waals surface area contributed by atoms with E-state index < -0.39 is 0 Å². The van der Waals surface area contributed by atoms with Crippen LogP contribution < -0.4 is 10.6 Å². The summed E-state index contributed by atoms with van der Waals surface area (Å²) in [6.45, 7) is 3.12. The Kier molecular flexibility index (Phi) is 4.40. The van der Waals surface area contributed by atoms with E-state index in [4.69, 9.17) is 0 Å². The van der Waals surface area contributed by atoms with Gasteiger partial charge in [-0.2, -0.15) is 0 Å². The molecule has 0 spiro atoms. The third-order valence-corrected chi connectivity index (χ3v) is 4.08. The Morgan fingerprint density at radius 1 is 1.39 bits per heavy atom. The molecule has 3 N–H and O–H groups in total. The molecule has 18 heavy (non-hydrogen) atoms. The number of nitrogens with one attached hydrogen (secondary N) is 2. The van der Waals surface area contributed by atoms with Crippen molar-refractivity contribution < 1.29 is 5.11 Å². The molecule has 1 aliphatic carbocycles. The molecule has 0 atom stereocenters. The number of hydrogen-bond acceptors (Lipinski definition) is 5. The number of halogens is 1. The topological polar surface area (TPSA) is 70.1 Å². The molecule has 1 fully saturated rings. The summed E-state index contributed by atoms with van der Waals surface area (Å²) in [6.07, 6.45) is 5.70. The van der Waals surface area contributed by atoms with Crippen LogP contribution in [-0.2, 0) is 0 Å². The Hall–Kier alpha value is -0.880. The van der Waals surface area contributed by atoms with E-state index in [1.165, 1.54) is 6.33 Å². The van der Waals surface area contributed by atoms with Crippen molar-refractivity contribution in [2.75, 3.05) is 23.8 Å². The van der Waals surface area contributed by atoms with Crippen molar-refractivity contribution in [1.29, 1.82) is 0 Å². The second-order valence-electron chi connectivity index (χ2n) is 4.73. The summed E-state index contributed by atoms with van der Waals surface area (Å²) in [5.74, 6) is 1.54. The zero-order valence-corrected chi connectivity index (χ0v) is 12.1. The van der Waals surface area contributed by atoms with Gasteiger partial charge in [-0.15, -0.1) is 0 Å². The molecule has 5 nitrogen and oxygen atoms in total. The molecule has 100 valence electrons. The fraction of sp³-hybridized carbons (Fsp3) is 0.667. The number of aliphatic hydroxyl groups is 1. The summed E-state index contributed by atoms with van der Waals surface area (Å²) < 4.78 is 0.832. The molecule has 1 aromatic rings. The highest BCUT2D eigenvalue weighted by Crippen LogP contribution is 2.37. The summed E-state index contributed by atoms with van der Waals surface area (Å²) >= 11 is 3.51. The van der Waals surface area contributed by atoms with Crippen molar-refractivity contribution in [3.63, 3.8) is 0 Å². The van der Waals surface area contributed by atoms with Gasteiger partial charge in [-0.1, -0.05) is 6.92 Å². The SMILES string of the molecule is CCCNc1ncnc(NC2(CO)CCC2)c1Br. The first-order chi connectivity index (χ1) is 8.71. The van der Waals surface area contributed by atoms with Gasteiger partial charge in [0.1, 0.15) is 22.4 Å². The number of nitrogens with zero attached hydrogens (tertiary/aromatic N) is 2. The van der Waals surface area contributed by atoms with Crippen LogP contribution >= 0.6 is 15.9 Å². The normalized spacial score (nSPS) is 17.1. The molecule has 2 rings (SSSR count). The zero-order chi connectivity index (χ0) is 13.0. The van der Waals surface area contributed by atoms with E-state index in [-0.39, 0.29) is 12.1 Å². The molecule has 0 aromatic carbocycles. The molecule has 1 heterocycles. The molecule has 1 aromatic heterocycles. The van der Waals surface area contributed by atoms with Crippen LogP contribution in [0.25, 0.3) is 0 Å². The van der Waals surface area contributed by atoms with Gasteiger partial charge in [0.15, 0.2) is 0 Å². The molecule has 0 radical (unpaired) electrons. The maximum absolute atomic E-state index is 9.46. The summed E-state index contributed by atoms with van der Waals surface area (Å²) in [4.78, 5) is 8.45. The Labute approximate surface area is 116 Å². The van der Waals surface area contributed by atoms with Crippen LogP contribution in [0.4, 0.5) is 11.6 Å². The van der Waals surface area contributed by atoms with E-state index >= 15 is 0 Å². The summed E-state index contributed by atoms with van der Waals surface area (Å²) in [5, 5.41) is 16.0. The fourth-order valence-corrected chi connectivity index (χ4v) is 2.45. The predicted octanol–water partition coefficient (Wildman–Crippen LogP) is 2.39. The molecule has 0 amide bonds. The van der Waals surface area contributed by atoms with Crippen molar-refractivity contribution in [2.45, 2.75) is 38.1 Å². The Bertz CT molecular complexity index is 404. The second-order valence-corrected chi connectivity index (χ2v) is 5.52. The molecule has 1 saturated carbocycles. The first-order valence-corrected chi connectivity index (χ1v) is 7.13. The van der Waals surface area contributed by atoms with Gasteiger partial charge >= 0.3 is 0 Å². The van der Waals surface area contributed by atoms with Crippen LogP contribution in [0.2, 0.25) is 0 Å². The standard InChI is InChI=1S/C12H19BrN4O/c1-2-6-14-10-9(13)11(16-8-15-10)17-12(7-18)4-3-5-12/h8,18H,2-7H2,1H3,(H2,14,15,16,17). The third kappa shape index (κ3) is 2.75. The Balaban J connectivity index is 2.12. The summed E-state index contributed by atoms with van der Waals surface area (Å²) in [6, 6.07) is 0. The molecule has 6 heteroatoms. The number of aliphatic hydroxyl groups excluding tert-OH is 1. The second kappa shape index (κ2) is 5.84. The zero-order valence-electron chi connectivity index (χ0n) is 10.5. The van der Waals surface area contributed by atoms with Crippen LogP contribution in [0.5, 0.6) is 0 Å². The van der Waals surface area contributed by atoms with E-state index in [9.17, 15) is 5.11 Å². The van der Waals surface area contributed by atoms with E-state index in [0.29, 0.717) is 0 Å². The minimum Gasteiger partial charge on any atom is -0.394 e. The quantitative estimate of drug-likeness (QED) is 0.752.